The number of esters is 2. The SMILES string of the molecule is COCC(CCO)c1c(CO)c2ccc3c(c2oc1=O)C1OC(=O)CC2CC(c4cccc(Cc5ccccc5)c4)CCC2c2ccc4c(c2)CCC25CCCCC2C(CCC5)(O3)C1OC(=O)C(=C(C)CO)CC4. The number of ether oxygens (including phenoxy) is 4. The Balaban J connectivity index is 1.11. The molecule has 3 aliphatic heterocycles. The molecule has 4 heterocycles. The van der Waals surface area contributed by atoms with Crippen molar-refractivity contribution in [2.75, 3.05) is 26.9 Å². The van der Waals surface area contributed by atoms with Crippen LogP contribution in [0.15, 0.2) is 105 Å². The van der Waals surface area contributed by atoms with Gasteiger partial charge in [0.25, 0.3) is 0 Å². The number of fused-ring (bicyclic) bond motifs is 8. The number of aliphatic hydroxyl groups excluding tert-OH is 3. The van der Waals surface area contributed by atoms with Crippen molar-refractivity contribution < 1.29 is 48.3 Å². The zero-order valence-electron chi connectivity index (χ0n) is 43.1. The third-order valence-electron chi connectivity index (χ3n) is 18.7. The van der Waals surface area contributed by atoms with Crippen LogP contribution in [0.3, 0.4) is 0 Å². The number of carbonyl (C=O) groups excluding carboxylic acids is 2. The van der Waals surface area contributed by atoms with Crippen LogP contribution in [0.1, 0.15) is 171 Å². The first-order valence-electron chi connectivity index (χ1n) is 27.5. The molecule has 0 amide bonds. The van der Waals surface area contributed by atoms with E-state index in [0.717, 1.165) is 77.0 Å². The van der Waals surface area contributed by atoms with Gasteiger partial charge in [-0.05, 0) is 177 Å². The summed E-state index contributed by atoms with van der Waals surface area (Å²) in [4.78, 5) is 45.4. The van der Waals surface area contributed by atoms with Gasteiger partial charge in [-0.2, -0.15) is 0 Å². The molecule has 3 fully saturated rings. The summed E-state index contributed by atoms with van der Waals surface area (Å²) in [5.74, 6) is -1.11. The van der Waals surface area contributed by atoms with E-state index in [1.54, 1.807) is 13.0 Å². The van der Waals surface area contributed by atoms with Gasteiger partial charge in [-0.25, -0.2) is 9.59 Å². The standard InChI is InChI=1S/C63H72O11/c1-38(35-65)48-19-17-41-15-16-45-32-44(41)23-28-62-25-7-6-14-53(62)63(27-9-26-62)59(73-60(48)68)58(56-52(74-63)22-21-50-51(36-66)55(61(69)72-57(50)56)46(24-29-64)37-70-2)71-54(67)34-47-33-43(18-20-49(45)47)42-13-8-12-40(31-42)30-39-10-4-3-5-11-39/h3-5,8,10-13,15-16,21-22,31-32,43,46-47,49,53,58-59,64-66H,6-7,9,14,17-20,23-30,33-37H2,1-2H3. The number of hydrogen-bond donors (Lipinski definition) is 3. The number of benzene rings is 4. The van der Waals surface area contributed by atoms with Gasteiger partial charge in [0.15, 0.2) is 17.8 Å². The summed E-state index contributed by atoms with van der Waals surface area (Å²) in [6.07, 6.45) is 10.3. The van der Waals surface area contributed by atoms with E-state index >= 15 is 9.59 Å². The summed E-state index contributed by atoms with van der Waals surface area (Å²) in [6, 6.07) is 30.1. The van der Waals surface area contributed by atoms with E-state index in [-0.39, 0.29) is 78.5 Å². The molecular formula is C63H72O11. The molecule has 0 saturated heterocycles. The monoisotopic (exact) mass is 1000 g/mol. The maximum absolute atomic E-state index is 15.5. The molecule has 9 unspecified atom stereocenters. The maximum Gasteiger partial charge on any atom is 0.340 e. The lowest BCUT2D eigenvalue weighted by Gasteiger charge is -2.60. The second-order valence-corrected chi connectivity index (χ2v) is 22.7. The summed E-state index contributed by atoms with van der Waals surface area (Å²) in [7, 11) is 1.52. The van der Waals surface area contributed by atoms with Crippen molar-refractivity contribution in [2.45, 2.75) is 158 Å². The van der Waals surface area contributed by atoms with Crippen LogP contribution in [0.25, 0.3) is 11.0 Å². The number of aryl methyl sites for hydroxylation is 2. The van der Waals surface area contributed by atoms with Gasteiger partial charge in [-0.15, -0.1) is 0 Å². The van der Waals surface area contributed by atoms with E-state index in [0.29, 0.717) is 47.1 Å². The molecular weight excluding hydrogens is 933 g/mol. The van der Waals surface area contributed by atoms with E-state index in [1.165, 1.54) is 40.5 Å². The molecule has 1 spiro atoms. The molecule has 5 aromatic rings. The topological polar surface area (TPSA) is 162 Å². The van der Waals surface area contributed by atoms with E-state index in [9.17, 15) is 20.1 Å². The Labute approximate surface area is 434 Å². The van der Waals surface area contributed by atoms with Crippen molar-refractivity contribution in [1.82, 2.24) is 0 Å². The maximum atomic E-state index is 15.5. The Hall–Kier alpha value is -5.59. The van der Waals surface area contributed by atoms with Crippen LogP contribution in [-0.4, -0.2) is 65.9 Å². The van der Waals surface area contributed by atoms with Crippen molar-refractivity contribution >= 4 is 22.9 Å². The minimum Gasteiger partial charge on any atom is -0.482 e. The summed E-state index contributed by atoms with van der Waals surface area (Å²) in [5, 5.41) is 32.4. The lowest BCUT2D eigenvalue weighted by atomic mass is 9.50. The largest absolute Gasteiger partial charge is 0.482 e. The van der Waals surface area contributed by atoms with Gasteiger partial charge in [0.1, 0.15) is 11.3 Å². The van der Waals surface area contributed by atoms with Crippen molar-refractivity contribution in [3.8, 4) is 5.75 Å². The molecule has 9 atom stereocenters. The van der Waals surface area contributed by atoms with Crippen LogP contribution >= 0.6 is 0 Å². The van der Waals surface area contributed by atoms with E-state index in [2.05, 4.69) is 66.7 Å². The predicted octanol–water partition coefficient (Wildman–Crippen LogP) is 10.9. The molecule has 6 aliphatic rings. The summed E-state index contributed by atoms with van der Waals surface area (Å²) >= 11 is 0. The fourth-order valence-corrected chi connectivity index (χ4v) is 15.2. The highest BCUT2D eigenvalue weighted by Crippen LogP contribution is 2.63. The van der Waals surface area contributed by atoms with Crippen molar-refractivity contribution in [2.24, 2.45) is 17.3 Å². The molecule has 11 heteroatoms. The lowest BCUT2D eigenvalue weighted by Crippen LogP contribution is -2.66. The van der Waals surface area contributed by atoms with Crippen molar-refractivity contribution in [3.63, 3.8) is 0 Å². The van der Waals surface area contributed by atoms with E-state index in [1.807, 2.05) is 12.1 Å². The Morgan fingerprint density at radius 2 is 1.64 bits per heavy atom. The highest BCUT2D eigenvalue weighted by molar-refractivity contribution is 5.90. The summed E-state index contributed by atoms with van der Waals surface area (Å²) < 4.78 is 33.6. The molecule has 3 saturated carbocycles. The van der Waals surface area contributed by atoms with Gasteiger partial charge >= 0.3 is 17.6 Å². The first-order valence-corrected chi connectivity index (χ1v) is 27.5. The van der Waals surface area contributed by atoms with Gasteiger partial charge in [-0.1, -0.05) is 85.6 Å². The van der Waals surface area contributed by atoms with Gasteiger partial charge in [0, 0.05) is 48.5 Å². The zero-order chi connectivity index (χ0) is 51.1. The first-order chi connectivity index (χ1) is 36.1. The lowest BCUT2D eigenvalue weighted by molar-refractivity contribution is -0.229. The number of aliphatic hydroxyl groups is 3. The van der Waals surface area contributed by atoms with E-state index in [4.69, 9.17) is 23.4 Å². The van der Waals surface area contributed by atoms with Gasteiger partial charge < -0.3 is 38.7 Å². The normalized spacial score (nSPS) is 28.8. The number of methoxy groups -OCH3 is 1. The average Bonchev–Trinajstić information content (AvgIpc) is 3.42. The minimum atomic E-state index is -1.27. The molecule has 1 aromatic heterocycles. The van der Waals surface area contributed by atoms with Crippen LogP contribution in [0.4, 0.5) is 0 Å². The third kappa shape index (κ3) is 9.23. The molecule has 390 valence electrons. The quantitative estimate of drug-likeness (QED) is 0.0694. The Morgan fingerprint density at radius 1 is 0.797 bits per heavy atom. The number of hydrogen-bond acceptors (Lipinski definition) is 11. The fourth-order valence-electron chi connectivity index (χ4n) is 15.2. The molecule has 3 N–H and O–H groups in total. The van der Waals surface area contributed by atoms with Gasteiger partial charge in [0.05, 0.1) is 25.4 Å². The summed E-state index contributed by atoms with van der Waals surface area (Å²) in [5.41, 5.74) is 7.28. The smallest absolute Gasteiger partial charge is 0.340 e. The first kappa shape index (κ1) is 50.6. The van der Waals surface area contributed by atoms with Gasteiger partial charge in [-0.3, -0.25) is 4.79 Å². The Bertz CT molecular complexity index is 2980. The highest BCUT2D eigenvalue weighted by atomic mass is 16.6. The highest BCUT2D eigenvalue weighted by Gasteiger charge is 2.65. The number of carbonyl (C=O) groups is 2. The van der Waals surface area contributed by atoms with Crippen molar-refractivity contribution in [3.05, 3.63) is 157 Å². The molecule has 6 bridgehead atoms. The Morgan fingerprint density at radius 3 is 2.45 bits per heavy atom. The summed E-state index contributed by atoms with van der Waals surface area (Å²) in [6.45, 7) is 0.809. The van der Waals surface area contributed by atoms with Crippen LogP contribution in [0, 0.1) is 17.3 Å². The molecule has 74 heavy (non-hydrogen) atoms. The fraction of sp³-hybridized carbons (Fsp3) is 0.508. The second-order valence-electron chi connectivity index (χ2n) is 22.7. The second kappa shape index (κ2) is 21.2. The van der Waals surface area contributed by atoms with Crippen molar-refractivity contribution in [1.29, 1.82) is 0 Å². The van der Waals surface area contributed by atoms with Crippen LogP contribution in [-0.2, 0) is 49.7 Å². The Kier molecular flexibility index (Phi) is 14.5. The molecule has 0 radical (unpaired) electrons. The number of rotatable bonds is 10. The predicted molar refractivity (Wildman–Crippen MR) is 281 cm³/mol. The van der Waals surface area contributed by atoms with Gasteiger partial charge in [0.2, 0.25) is 0 Å². The molecule has 11 nitrogen and oxygen atoms in total. The van der Waals surface area contributed by atoms with Crippen LogP contribution in [0.2, 0.25) is 0 Å². The van der Waals surface area contributed by atoms with E-state index < -0.39 is 47.9 Å². The zero-order valence-corrected chi connectivity index (χ0v) is 43.1. The average molecular weight is 1010 g/mol. The van der Waals surface area contributed by atoms with Crippen LogP contribution in [0.5, 0.6) is 5.75 Å². The minimum absolute atomic E-state index is 0.0781. The molecule has 4 aromatic carbocycles. The van der Waals surface area contributed by atoms with Crippen LogP contribution < -0.4 is 10.4 Å². The molecule has 11 rings (SSSR count). The third-order valence-corrected chi connectivity index (χ3v) is 18.7. The molecule has 3 aliphatic carbocycles.